The first-order valence-corrected chi connectivity index (χ1v) is 14.6. The summed E-state index contributed by atoms with van der Waals surface area (Å²) in [5, 5.41) is 33.5. The quantitative estimate of drug-likeness (QED) is 0.116. The average molecular weight is 687 g/mol. The number of aliphatic carboxylic acids is 1. The Balaban J connectivity index is 1.52. The molecule has 0 saturated heterocycles. The van der Waals surface area contributed by atoms with E-state index in [2.05, 4.69) is 10.6 Å². The highest BCUT2D eigenvalue weighted by molar-refractivity contribution is 6.62. The highest BCUT2D eigenvalue weighted by Gasteiger charge is 2.42. The van der Waals surface area contributed by atoms with Crippen molar-refractivity contribution in [1.29, 1.82) is 0 Å². The smallest absolute Gasteiger partial charge is 0.481 e. The molecule has 2 aromatic rings. The number of nitrogens with zero attached hydrogens (tertiary/aromatic N) is 1. The van der Waals surface area contributed by atoms with Crippen LogP contribution >= 0.6 is 0 Å². The van der Waals surface area contributed by atoms with Crippen LogP contribution in [0, 0.1) is 0 Å². The number of nitrogens with one attached hydrogen (secondary N) is 2. The molecule has 0 unspecified atom stereocenters. The summed E-state index contributed by atoms with van der Waals surface area (Å²) in [5.74, 6) is -3.86. The zero-order chi connectivity index (χ0) is 35.4. The highest BCUT2D eigenvalue weighted by Crippen LogP contribution is 2.35. The lowest BCUT2D eigenvalue weighted by molar-refractivity contribution is -0.139. The minimum atomic E-state index is -4.94. The summed E-state index contributed by atoms with van der Waals surface area (Å²) in [6.07, 6.45) is -8.69. The molecule has 0 aromatic heterocycles. The minimum Gasteiger partial charge on any atom is -0.481 e. The standard InChI is InChI=1S/C28H29B2F6N3O9/c31-27(32,33)19-8-15(10-21-17(19)13-47-29(21)45)25(43)38-6-7-39(12-23(40)37-5-3-1-2-4-24(41)42)26(44)16-9-20(28(34,35)36)18-14-48-30(46)22(18)11-16/h8-11,45-46H,1-7,12-14H2,(H,37,40)(H,38,43)(H,41,42). The van der Waals surface area contributed by atoms with Crippen LogP contribution in [0.4, 0.5) is 26.3 Å². The van der Waals surface area contributed by atoms with E-state index in [1.165, 1.54) is 0 Å². The van der Waals surface area contributed by atoms with Gasteiger partial charge < -0.3 is 40.0 Å². The molecule has 0 fully saturated rings. The van der Waals surface area contributed by atoms with Gasteiger partial charge in [0.25, 0.3) is 11.8 Å². The van der Waals surface area contributed by atoms with Crippen LogP contribution in [0.25, 0.3) is 0 Å². The normalized spacial score (nSPS) is 14.1. The van der Waals surface area contributed by atoms with Crippen LogP contribution < -0.4 is 21.6 Å². The minimum absolute atomic E-state index is 0.0697. The maximum absolute atomic E-state index is 13.9. The van der Waals surface area contributed by atoms with Crippen molar-refractivity contribution in [1.82, 2.24) is 15.5 Å². The summed E-state index contributed by atoms with van der Waals surface area (Å²) < 4.78 is 92.3. The maximum Gasteiger partial charge on any atom is 0.491 e. The second kappa shape index (κ2) is 15.0. The number of unbranched alkanes of at least 4 members (excludes halogenated alkanes) is 2. The molecule has 20 heteroatoms. The monoisotopic (exact) mass is 687 g/mol. The van der Waals surface area contributed by atoms with Gasteiger partial charge in [-0.1, -0.05) is 6.42 Å². The van der Waals surface area contributed by atoms with Gasteiger partial charge in [0, 0.05) is 37.2 Å². The number of carbonyl (C=O) groups excluding carboxylic acids is 3. The Hall–Kier alpha value is -4.13. The van der Waals surface area contributed by atoms with Crippen molar-refractivity contribution in [2.45, 2.75) is 51.2 Å². The highest BCUT2D eigenvalue weighted by atomic mass is 19.4. The molecule has 2 heterocycles. The number of halogens is 6. The lowest BCUT2D eigenvalue weighted by Gasteiger charge is -2.24. The van der Waals surface area contributed by atoms with E-state index in [-0.39, 0.29) is 35.0 Å². The van der Waals surface area contributed by atoms with Crippen molar-refractivity contribution >= 4 is 48.9 Å². The Morgan fingerprint density at radius 1 is 0.771 bits per heavy atom. The summed E-state index contributed by atoms with van der Waals surface area (Å²) >= 11 is 0. The fourth-order valence-electron chi connectivity index (χ4n) is 5.29. The molecule has 2 aromatic carbocycles. The van der Waals surface area contributed by atoms with E-state index in [1.54, 1.807) is 0 Å². The van der Waals surface area contributed by atoms with Gasteiger partial charge in [-0.3, -0.25) is 19.2 Å². The third-order valence-corrected chi connectivity index (χ3v) is 7.67. The van der Waals surface area contributed by atoms with Crippen LogP contribution in [-0.2, 0) is 44.5 Å². The van der Waals surface area contributed by atoms with E-state index in [0.717, 1.165) is 17.0 Å². The second-order valence-electron chi connectivity index (χ2n) is 11.0. The predicted octanol–water partition coefficient (Wildman–Crippen LogP) is 0.793. The van der Waals surface area contributed by atoms with Gasteiger partial charge in [0.15, 0.2) is 0 Å². The Morgan fingerprint density at radius 3 is 1.85 bits per heavy atom. The van der Waals surface area contributed by atoms with Gasteiger partial charge >= 0.3 is 32.6 Å². The summed E-state index contributed by atoms with van der Waals surface area (Å²) in [6, 6.07) is 3.12. The van der Waals surface area contributed by atoms with Crippen LogP contribution in [0.5, 0.6) is 0 Å². The van der Waals surface area contributed by atoms with E-state index in [1.807, 2.05) is 0 Å². The van der Waals surface area contributed by atoms with Gasteiger partial charge in [-0.25, -0.2) is 0 Å². The fraction of sp³-hybridized carbons (Fsp3) is 0.429. The molecule has 0 atom stereocenters. The molecular formula is C28H29B2F6N3O9. The van der Waals surface area contributed by atoms with E-state index in [0.29, 0.717) is 31.4 Å². The zero-order valence-corrected chi connectivity index (χ0v) is 25.0. The molecule has 2 aliphatic rings. The van der Waals surface area contributed by atoms with Crippen LogP contribution in [-0.4, -0.2) is 84.2 Å². The number of hydrogen-bond donors (Lipinski definition) is 5. The Bertz CT molecular complexity index is 1570. The molecule has 5 N–H and O–H groups in total. The first-order chi connectivity index (χ1) is 22.5. The van der Waals surface area contributed by atoms with Gasteiger partial charge in [-0.15, -0.1) is 0 Å². The summed E-state index contributed by atoms with van der Waals surface area (Å²) in [5.41, 5.74) is -4.73. The van der Waals surface area contributed by atoms with Gasteiger partial charge in [0.2, 0.25) is 5.91 Å². The topological polar surface area (TPSA) is 175 Å². The average Bonchev–Trinajstić information content (AvgIpc) is 3.57. The number of carboxylic acid groups (broad SMARTS) is 1. The number of fused-ring (bicyclic) bond motifs is 2. The molecule has 12 nitrogen and oxygen atoms in total. The first-order valence-electron chi connectivity index (χ1n) is 14.6. The molecule has 2 aliphatic heterocycles. The van der Waals surface area contributed by atoms with Crippen LogP contribution in [0.15, 0.2) is 24.3 Å². The number of carbonyl (C=O) groups is 4. The SMILES string of the molecule is O=C(O)CCCCCNC(=O)CN(CCNC(=O)c1cc2c(c(C(F)(F)F)c1)COB2O)C(=O)c1cc2c(c(C(F)(F)F)c1)COB2O. The Morgan fingerprint density at radius 2 is 1.31 bits per heavy atom. The largest absolute Gasteiger partial charge is 0.491 e. The zero-order valence-electron chi connectivity index (χ0n) is 25.0. The van der Waals surface area contributed by atoms with Crippen molar-refractivity contribution in [2.24, 2.45) is 0 Å². The maximum atomic E-state index is 13.9. The van der Waals surface area contributed by atoms with Gasteiger partial charge in [0.05, 0.1) is 30.9 Å². The van der Waals surface area contributed by atoms with Crippen LogP contribution in [0.3, 0.4) is 0 Å². The molecule has 4 rings (SSSR count). The number of amides is 3. The number of carboxylic acids is 1. The third kappa shape index (κ3) is 8.86. The molecule has 0 spiro atoms. The van der Waals surface area contributed by atoms with Crippen LogP contribution in [0.2, 0.25) is 0 Å². The van der Waals surface area contributed by atoms with Crippen molar-refractivity contribution in [2.75, 3.05) is 26.2 Å². The molecule has 48 heavy (non-hydrogen) atoms. The molecule has 3 amide bonds. The molecule has 0 saturated carbocycles. The molecule has 0 radical (unpaired) electrons. The summed E-state index contributed by atoms with van der Waals surface area (Å²) in [6.45, 7) is -2.66. The molecular weight excluding hydrogens is 658 g/mol. The van der Waals surface area contributed by atoms with Crippen LogP contribution in [0.1, 0.15) is 68.7 Å². The predicted molar refractivity (Wildman–Crippen MR) is 155 cm³/mol. The lowest BCUT2D eigenvalue weighted by atomic mass is 9.77. The van der Waals surface area contributed by atoms with Crippen molar-refractivity contribution in [3.05, 3.63) is 57.6 Å². The molecule has 258 valence electrons. The Labute approximate surface area is 269 Å². The van der Waals surface area contributed by atoms with Gasteiger partial charge in [-0.2, -0.15) is 26.3 Å². The van der Waals surface area contributed by atoms with E-state index >= 15 is 0 Å². The van der Waals surface area contributed by atoms with E-state index < -0.39 is 105 Å². The van der Waals surface area contributed by atoms with Crippen molar-refractivity contribution < 1.29 is 70.0 Å². The summed E-state index contributed by atoms with van der Waals surface area (Å²) in [4.78, 5) is 50.6. The van der Waals surface area contributed by atoms with Gasteiger partial charge in [0.1, 0.15) is 0 Å². The number of hydrogen-bond acceptors (Lipinski definition) is 8. The molecule has 0 aliphatic carbocycles. The molecule has 0 bridgehead atoms. The second-order valence-corrected chi connectivity index (χ2v) is 11.0. The third-order valence-electron chi connectivity index (χ3n) is 7.67. The lowest BCUT2D eigenvalue weighted by Crippen LogP contribution is -2.45. The first kappa shape index (κ1) is 36.7. The summed E-state index contributed by atoms with van der Waals surface area (Å²) in [7, 11) is -3.45. The van der Waals surface area contributed by atoms with E-state index in [4.69, 9.17) is 14.4 Å². The van der Waals surface area contributed by atoms with E-state index in [9.17, 15) is 55.6 Å². The number of benzene rings is 2. The number of alkyl halides is 6. The fourth-order valence-corrected chi connectivity index (χ4v) is 5.29. The van der Waals surface area contributed by atoms with Crippen molar-refractivity contribution in [3.63, 3.8) is 0 Å². The van der Waals surface area contributed by atoms with Gasteiger partial charge in [-0.05, 0) is 59.2 Å². The number of rotatable bonds is 13. The Kier molecular flexibility index (Phi) is 11.4. The van der Waals surface area contributed by atoms with Crippen molar-refractivity contribution in [3.8, 4) is 0 Å².